The van der Waals surface area contributed by atoms with Gasteiger partial charge in [0.25, 0.3) is 5.91 Å². The molecule has 0 saturated heterocycles. The van der Waals surface area contributed by atoms with Crippen molar-refractivity contribution in [1.29, 1.82) is 0 Å². The van der Waals surface area contributed by atoms with E-state index < -0.39 is 29.2 Å². The van der Waals surface area contributed by atoms with Gasteiger partial charge in [0.15, 0.2) is 0 Å². The zero-order chi connectivity index (χ0) is 21.1. The van der Waals surface area contributed by atoms with Crippen LogP contribution in [0.1, 0.15) is 13.8 Å². The Kier molecular flexibility index (Phi) is 6.35. The molecule has 0 aliphatic carbocycles. The Morgan fingerprint density at radius 3 is 2.07 bits per heavy atom. The third-order valence-electron chi connectivity index (χ3n) is 3.59. The minimum atomic E-state index is -5.20. The molecule has 2 amide bonds. The second-order valence-electron chi connectivity index (χ2n) is 5.97. The number of aliphatic hydroxyl groups is 1. The number of carbonyl (C=O) groups excluding carboxylic acids is 2. The molecule has 10 heteroatoms. The number of hydrogen-bond acceptors (Lipinski definition) is 4. The van der Waals surface area contributed by atoms with Gasteiger partial charge in [0.1, 0.15) is 5.82 Å². The lowest BCUT2D eigenvalue weighted by Crippen LogP contribution is -2.52. The molecule has 0 saturated carbocycles. The highest BCUT2D eigenvalue weighted by molar-refractivity contribution is 7.99. The summed E-state index contributed by atoms with van der Waals surface area (Å²) in [6.07, 6.45) is -5.20. The van der Waals surface area contributed by atoms with E-state index in [4.69, 9.17) is 0 Å². The fourth-order valence-electron chi connectivity index (χ4n) is 1.98. The summed E-state index contributed by atoms with van der Waals surface area (Å²) in [6, 6.07) is 10.3. The maximum absolute atomic E-state index is 14.2. The Morgan fingerprint density at radius 1 is 1.00 bits per heavy atom. The number of hydrogen-bond donors (Lipinski definition) is 3. The van der Waals surface area contributed by atoms with E-state index in [1.807, 2.05) is 0 Å². The van der Waals surface area contributed by atoms with Crippen molar-refractivity contribution in [3.63, 3.8) is 0 Å². The molecule has 2 aromatic carbocycles. The number of nitrogens with one attached hydrogen (secondary N) is 2. The summed E-state index contributed by atoms with van der Waals surface area (Å²) in [5.74, 6) is -2.95. The minimum Gasteiger partial charge on any atom is -0.373 e. The molecule has 0 heterocycles. The van der Waals surface area contributed by atoms with E-state index in [1.165, 1.54) is 24.8 Å². The highest BCUT2D eigenvalue weighted by atomic mass is 32.2. The van der Waals surface area contributed by atoms with Crippen LogP contribution in [0.3, 0.4) is 0 Å². The van der Waals surface area contributed by atoms with Gasteiger partial charge >= 0.3 is 6.18 Å². The quantitative estimate of drug-likeness (QED) is 0.639. The van der Waals surface area contributed by atoms with Crippen LogP contribution in [-0.2, 0) is 9.59 Å². The molecule has 1 unspecified atom stereocenters. The fraction of sp³-hybridized carbons (Fsp3) is 0.222. The Bertz CT molecular complexity index is 883. The van der Waals surface area contributed by atoms with E-state index in [-0.39, 0.29) is 12.8 Å². The highest BCUT2D eigenvalue weighted by Gasteiger charge is 2.55. The summed E-state index contributed by atoms with van der Waals surface area (Å²) in [5.41, 5.74) is -3.54. The molecular formula is C18H16F4N2O3S. The molecule has 150 valence electrons. The molecule has 0 aromatic heterocycles. The Balaban J connectivity index is 2.10. The van der Waals surface area contributed by atoms with Crippen LogP contribution in [0.25, 0.3) is 0 Å². The largest absolute Gasteiger partial charge is 0.426 e. The van der Waals surface area contributed by atoms with Gasteiger partial charge in [-0.2, -0.15) is 13.2 Å². The number of benzene rings is 2. The van der Waals surface area contributed by atoms with Crippen molar-refractivity contribution >= 4 is 35.0 Å². The van der Waals surface area contributed by atoms with Gasteiger partial charge in [0.05, 0.1) is 5.69 Å². The van der Waals surface area contributed by atoms with E-state index in [0.717, 1.165) is 17.0 Å². The summed E-state index contributed by atoms with van der Waals surface area (Å²) in [4.78, 5) is 23.8. The Morgan fingerprint density at radius 2 is 1.57 bits per heavy atom. The molecule has 0 aliphatic rings. The highest BCUT2D eigenvalue weighted by Crippen LogP contribution is 2.33. The van der Waals surface area contributed by atoms with Crippen molar-refractivity contribution in [2.24, 2.45) is 0 Å². The lowest BCUT2D eigenvalue weighted by molar-refractivity contribution is -0.242. The second-order valence-corrected chi connectivity index (χ2v) is 7.12. The van der Waals surface area contributed by atoms with E-state index >= 15 is 0 Å². The van der Waals surface area contributed by atoms with Gasteiger partial charge in [-0.15, -0.1) is 0 Å². The third-order valence-corrected chi connectivity index (χ3v) is 4.59. The molecule has 0 bridgehead atoms. The predicted octanol–water partition coefficient (Wildman–Crippen LogP) is 4.19. The van der Waals surface area contributed by atoms with E-state index in [0.29, 0.717) is 10.6 Å². The summed E-state index contributed by atoms with van der Waals surface area (Å²) in [5, 5.41) is 13.7. The van der Waals surface area contributed by atoms with Gasteiger partial charge in [0.2, 0.25) is 11.5 Å². The first-order valence-corrected chi connectivity index (χ1v) is 8.67. The SMILES string of the molecule is CC(=O)Nc1ccc(Sc2ccc(NC(=O)C(C)(O)C(F)(F)F)c(F)c2)cc1. The van der Waals surface area contributed by atoms with Crippen molar-refractivity contribution in [3.05, 3.63) is 48.3 Å². The smallest absolute Gasteiger partial charge is 0.373 e. The number of alkyl halides is 3. The van der Waals surface area contributed by atoms with Crippen LogP contribution in [0.15, 0.2) is 52.3 Å². The van der Waals surface area contributed by atoms with Gasteiger partial charge < -0.3 is 15.7 Å². The molecule has 3 N–H and O–H groups in total. The molecule has 2 rings (SSSR count). The van der Waals surface area contributed by atoms with Gasteiger partial charge in [-0.3, -0.25) is 9.59 Å². The van der Waals surface area contributed by atoms with Crippen LogP contribution in [0, 0.1) is 5.82 Å². The maximum atomic E-state index is 14.2. The van der Waals surface area contributed by atoms with Gasteiger partial charge in [-0.05, 0) is 49.4 Å². The number of rotatable bonds is 5. The fourth-order valence-corrected chi connectivity index (χ4v) is 2.82. The monoisotopic (exact) mass is 416 g/mol. The molecule has 0 aliphatic heterocycles. The van der Waals surface area contributed by atoms with Crippen LogP contribution in [-0.4, -0.2) is 28.7 Å². The van der Waals surface area contributed by atoms with Gasteiger partial charge in [-0.1, -0.05) is 11.8 Å². The van der Waals surface area contributed by atoms with Crippen molar-refractivity contribution < 1.29 is 32.3 Å². The molecular weight excluding hydrogens is 400 g/mol. The Hall–Kier alpha value is -2.59. The average molecular weight is 416 g/mol. The van der Waals surface area contributed by atoms with E-state index in [2.05, 4.69) is 5.32 Å². The van der Waals surface area contributed by atoms with Crippen molar-refractivity contribution in [2.45, 2.75) is 35.4 Å². The number of halogens is 4. The predicted molar refractivity (Wildman–Crippen MR) is 96.6 cm³/mol. The number of amides is 2. The standard InChI is InChI=1S/C18H16F4N2O3S/c1-10(25)23-11-3-5-12(6-4-11)28-13-7-8-15(14(19)9-13)24-16(26)17(2,27)18(20,21)22/h3-9,27H,1-2H3,(H,23,25)(H,24,26). The Labute approximate surface area is 162 Å². The van der Waals surface area contributed by atoms with Crippen LogP contribution >= 0.6 is 11.8 Å². The second kappa shape index (κ2) is 8.19. The van der Waals surface area contributed by atoms with Crippen LogP contribution in [0.4, 0.5) is 28.9 Å². The first-order valence-electron chi connectivity index (χ1n) is 7.86. The van der Waals surface area contributed by atoms with Crippen LogP contribution in [0.5, 0.6) is 0 Å². The number of carbonyl (C=O) groups is 2. The lowest BCUT2D eigenvalue weighted by Gasteiger charge is -2.25. The van der Waals surface area contributed by atoms with Crippen molar-refractivity contribution in [1.82, 2.24) is 0 Å². The van der Waals surface area contributed by atoms with E-state index in [1.54, 1.807) is 29.6 Å². The first kappa shape index (κ1) is 21.7. The first-order chi connectivity index (χ1) is 12.9. The summed E-state index contributed by atoms with van der Waals surface area (Å²) in [6.45, 7) is 1.66. The molecule has 0 spiro atoms. The van der Waals surface area contributed by atoms with Crippen molar-refractivity contribution in [3.8, 4) is 0 Å². The summed E-state index contributed by atoms with van der Waals surface area (Å²) >= 11 is 1.17. The van der Waals surface area contributed by atoms with Gasteiger partial charge in [0, 0.05) is 22.4 Å². The molecule has 2 aromatic rings. The zero-order valence-corrected chi connectivity index (χ0v) is 15.5. The molecule has 28 heavy (non-hydrogen) atoms. The maximum Gasteiger partial charge on any atom is 0.426 e. The summed E-state index contributed by atoms with van der Waals surface area (Å²) < 4.78 is 52.1. The molecule has 0 fully saturated rings. The van der Waals surface area contributed by atoms with E-state index in [9.17, 15) is 32.3 Å². The third kappa shape index (κ3) is 5.23. The zero-order valence-electron chi connectivity index (χ0n) is 14.7. The summed E-state index contributed by atoms with van der Waals surface area (Å²) in [7, 11) is 0. The normalized spacial score (nSPS) is 13.5. The van der Waals surface area contributed by atoms with Crippen molar-refractivity contribution in [2.75, 3.05) is 10.6 Å². The minimum absolute atomic E-state index is 0.218. The average Bonchev–Trinajstić information content (AvgIpc) is 2.57. The topological polar surface area (TPSA) is 78.4 Å². The molecule has 1 atom stereocenters. The van der Waals surface area contributed by atoms with Gasteiger partial charge in [-0.25, -0.2) is 4.39 Å². The molecule has 5 nitrogen and oxygen atoms in total. The van der Waals surface area contributed by atoms with Crippen LogP contribution in [0.2, 0.25) is 0 Å². The van der Waals surface area contributed by atoms with Crippen LogP contribution < -0.4 is 10.6 Å². The molecule has 0 radical (unpaired) electrons. The number of anilines is 2. The lowest BCUT2D eigenvalue weighted by atomic mass is 10.1.